The fourth-order valence-electron chi connectivity index (χ4n) is 3.13. The van der Waals surface area contributed by atoms with E-state index in [0.717, 1.165) is 35.0 Å². The number of nitrogens with zero attached hydrogens (tertiary/aromatic N) is 5. The van der Waals surface area contributed by atoms with Crippen LogP contribution in [0.1, 0.15) is 66.5 Å². The summed E-state index contributed by atoms with van der Waals surface area (Å²) in [4.78, 5) is 24.0. The Kier molecular flexibility index (Phi) is 3.94. The second-order valence-electron chi connectivity index (χ2n) is 7.44. The number of carbonyl (C=O) groups is 1. The minimum absolute atomic E-state index is 0.0278. The lowest BCUT2D eigenvalue weighted by Crippen LogP contribution is -2.26. The third kappa shape index (κ3) is 2.70. The number of hydrogen-bond acceptors (Lipinski definition) is 4. The van der Waals surface area contributed by atoms with Crippen LogP contribution in [0.4, 0.5) is 0 Å². The quantitative estimate of drug-likeness (QED) is 0.851. The molecule has 0 spiro atoms. The summed E-state index contributed by atoms with van der Waals surface area (Å²) in [6.07, 6.45) is 1.87. The van der Waals surface area contributed by atoms with E-state index >= 15 is 0 Å². The second kappa shape index (κ2) is 5.69. The van der Waals surface area contributed by atoms with Gasteiger partial charge in [-0.05, 0) is 20.8 Å². The molecule has 0 aliphatic carbocycles. The van der Waals surface area contributed by atoms with Gasteiger partial charge in [-0.1, -0.05) is 20.8 Å². The maximum atomic E-state index is 13.0. The molecule has 1 aliphatic rings. The largest absolute Gasteiger partial charge is 0.328 e. The Hall–Kier alpha value is -2.24. The average Bonchev–Trinajstić information content (AvgIpc) is 3.05. The summed E-state index contributed by atoms with van der Waals surface area (Å²) in [7, 11) is 0. The van der Waals surface area contributed by atoms with Crippen molar-refractivity contribution in [1.29, 1.82) is 0 Å². The zero-order chi connectivity index (χ0) is 17.6. The van der Waals surface area contributed by atoms with Gasteiger partial charge in [-0.3, -0.25) is 9.48 Å². The Morgan fingerprint density at radius 3 is 2.54 bits per heavy atom. The molecule has 1 amide bonds. The van der Waals surface area contributed by atoms with Crippen molar-refractivity contribution in [3.63, 3.8) is 0 Å². The first-order chi connectivity index (χ1) is 11.2. The molecule has 0 N–H and O–H groups in total. The molecule has 6 heteroatoms. The Balaban J connectivity index is 1.88. The number of rotatable bonds is 2. The van der Waals surface area contributed by atoms with Crippen molar-refractivity contribution >= 4 is 5.91 Å². The number of aryl methyl sites for hydroxylation is 2. The molecule has 128 valence electrons. The zero-order valence-electron chi connectivity index (χ0n) is 15.3. The van der Waals surface area contributed by atoms with Crippen LogP contribution in [0.2, 0.25) is 0 Å². The molecule has 0 aromatic carbocycles. The molecule has 0 saturated carbocycles. The molecule has 0 atom stereocenters. The highest BCUT2D eigenvalue weighted by Crippen LogP contribution is 2.27. The van der Waals surface area contributed by atoms with Crippen molar-refractivity contribution in [3.8, 4) is 0 Å². The van der Waals surface area contributed by atoms with Crippen molar-refractivity contribution in [2.75, 3.05) is 0 Å². The summed E-state index contributed by atoms with van der Waals surface area (Å²) in [6.45, 7) is 14.0. The summed E-state index contributed by atoms with van der Waals surface area (Å²) >= 11 is 0. The smallest absolute Gasteiger partial charge is 0.258 e. The molecule has 0 fully saturated rings. The van der Waals surface area contributed by atoms with Crippen LogP contribution < -0.4 is 0 Å². The molecule has 0 bridgehead atoms. The Labute approximate surface area is 142 Å². The van der Waals surface area contributed by atoms with Crippen molar-refractivity contribution in [2.45, 2.75) is 66.6 Å². The fraction of sp³-hybridized carbons (Fsp3) is 0.556. The predicted molar refractivity (Wildman–Crippen MR) is 91.7 cm³/mol. The van der Waals surface area contributed by atoms with Crippen LogP contribution in [0.25, 0.3) is 0 Å². The molecule has 0 unspecified atom stereocenters. The molecule has 0 radical (unpaired) electrons. The first-order valence-electron chi connectivity index (χ1n) is 8.41. The molecule has 6 nitrogen and oxygen atoms in total. The van der Waals surface area contributed by atoms with Gasteiger partial charge in [0.05, 0.1) is 23.5 Å². The molecule has 24 heavy (non-hydrogen) atoms. The van der Waals surface area contributed by atoms with Crippen LogP contribution >= 0.6 is 0 Å². The Morgan fingerprint density at radius 1 is 1.25 bits per heavy atom. The normalized spacial score (nSPS) is 14.2. The second-order valence-corrected chi connectivity index (χ2v) is 7.44. The summed E-state index contributed by atoms with van der Waals surface area (Å²) in [5.41, 5.74) is 4.33. The number of hydrogen-bond donors (Lipinski definition) is 0. The Morgan fingerprint density at radius 2 is 1.96 bits per heavy atom. The van der Waals surface area contributed by atoms with Gasteiger partial charge in [-0.25, -0.2) is 9.97 Å². The highest BCUT2D eigenvalue weighted by molar-refractivity contribution is 5.96. The fourth-order valence-corrected chi connectivity index (χ4v) is 3.13. The van der Waals surface area contributed by atoms with E-state index in [1.54, 1.807) is 0 Å². The van der Waals surface area contributed by atoms with Gasteiger partial charge in [0.25, 0.3) is 5.91 Å². The van der Waals surface area contributed by atoms with Crippen LogP contribution in [-0.2, 0) is 25.0 Å². The van der Waals surface area contributed by atoms with Gasteiger partial charge in [0.15, 0.2) is 0 Å². The lowest BCUT2D eigenvalue weighted by atomic mass is 9.95. The van der Waals surface area contributed by atoms with E-state index in [4.69, 9.17) is 4.98 Å². The molecule has 1 aliphatic heterocycles. The SMILES string of the molecule is CCn1nc(C)c(C(=O)N2Cc3cnc(C(C)(C)C)nc3C2)c1C. The van der Waals surface area contributed by atoms with Gasteiger partial charge in [0, 0.05) is 36.0 Å². The topological polar surface area (TPSA) is 63.9 Å². The highest BCUT2D eigenvalue weighted by Gasteiger charge is 2.30. The summed E-state index contributed by atoms with van der Waals surface area (Å²) in [5.74, 6) is 0.849. The molecule has 0 saturated heterocycles. The van der Waals surface area contributed by atoms with Crippen LogP contribution in [0.5, 0.6) is 0 Å². The van der Waals surface area contributed by atoms with Gasteiger partial charge < -0.3 is 4.90 Å². The van der Waals surface area contributed by atoms with Gasteiger partial charge in [-0.2, -0.15) is 5.10 Å². The minimum atomic E-state index is -0.0953. The van der Waals surface area contributed by atoms with E-state index in [1.807, 2.05) is 36.5 Å². The molecule has 2 aromatic heterocycles. The van der Waals surface area contributed by atoms with Gasteiger partial charge in [-0.15, -0.1) is 0 Å². The van der Waals surface area contributed by atoms with Crippen molar-refractivity contribution in [3.05, 3.63) is 40.2 Å². The van der Waals surface area contributed by atoms with Crippen LogP contribution in [0.15, 0.2) is 6.20 Å². The Bertz CT molecular complexity index is 800. The summed E-state index contributed by atoms with van der Waals surface area (Å²) < 4.78 is 1.88. The highest BCUT2D eigenvalue weighted by atomic mass is 16.2. The zero-order valence-corrected chi connectivity index (χ0v) is 15.3. The van der Waals surface area contributed by atoms with E-state index in [-0.39, 0.29) is 11.3 Å². The van der Waals surface area contributed by atoms with E-state index < -0.39 is 0 Å². The van der Waals surface area contributed by atoms with Crippen molar-refractivity contribution < 1.29 is 4.79 Å². The lowest BCUT2D eigenvalue weighted by Gasteiger charge is -2.16. The van der Waals surface area contributed by atoms with Gasteiger partial charge in [0.1, 0.15) is 5.82 Å². The van der Waals surface area contributed by atoms with Gasteiger partial charge in [0.2, 0.25) is 0 Å². The van der Waals surface area contributed by atoms with Crippen LogP contribution in [0.3, 0.4) is 0 Å². The van der Waals surface area contributed by atoms with E-state index in [0.29, 0.717) is 18.7 Å². The molecular formula is C18H25N5O. The van der Waals surface area contributed by atoms with E-state index in [1.165, 1.54) is 0 Å². The van der Waals surface area contributed by atoms with Crippen molar-refractivity contribution in [1.82, 2.24) is 24.6 Å². The minimum Gasteiger partial charge on any atom is -0.328 e. The first kappa shape index (κ1) is 16.6. The van der Waals surface area contributed by atoms with Gasteiger partial charge >= 0.3 is 0 Å². The third-order valence-corrected chi connectivity index (χ3v) is 4.51. The maximum Gasteiger partial charge on any atom is 0.258 e. The number of fused-ring (bicyclic) bond motifs is 1. The van der Waals surface area contributed by atoms with E-state index in [2.05, 4.69) is 30.9 Å². The first-order valence-corrected chi connectivity index (χ1v) is 8.41. The van der Waals surface area contributed by atoms with Crippen LogP contribution in [-0.4, -0.2) is 30.6 Å². The molecule has 2 aromatic rings. The molecular weight excluding hydrogens is 302 g/mol. The monoisotopic (exact) mass is 327 g/mol. The lowest BCUT2D eigenvalue weighted by molar-refractivity contribution is 0.0748. The van der Waals surface area contributed by atoms with E-state index in [9.17, 15) is 4.79 Å². The summed E-state index contributed by atoms with van der Waals surface area (Å²) in [5, 5.41) is 4.46. The van der Waals surface area contributed by atoms with Crippen molar-refractivity contribution in [2.24, 2.45) is 0 Å². The van der Waals surface area contributed by atoms with Crippen LogP contribution in [0, 0.1) is 13.8 Å². The predicted octanol–water partition coefficient (Wildman–Crippen LogP) is 2.76. The average molecular weight is 327 g/mol. The number of carbonyl (C=O) groups excluding carboxylic acids is 1. The summed E-state index contributed by atoms with van der Waals surface area (Å²) in [6, 6.07) is 0. The number of aromatic nitrogens is 4. The molecule has 3 rings (SSSR count). The standard InChI is InChI=1S/C18H25N5O/c1-7-23-12(3)15(11(2)21-23)16(24)22-9-13-8-19-17(18(4,5)6)20-14(13)10-22/h8H,7,9-10H2,1-6H3. The third-order valence-electron chi connectivity index (χ3n) is 4.51. The maximum absolute atomic E-state index is 13.0. The number of amides is 1. The molecule has 3 heterocycles.